The second kappa shape index (κ2) is 9.87. The fourth-order valence-corrected chi connectivity index (χ4v) is 4.47. The van der Waals surface area contributed by atoms with Crippen LogP contribution in [0.1, 0.15) is 41.2 Å². The number of carbonyl (C=O) groups excluding carboxylic acids is 1. The number of amides is 1. The number of nitrogens with zero attached hydrogens (tertiary/aromatic N) is 1. The van der Waals surface area contributed by atoms with Crippen LogP contribution in [-0.4, -0.2) is 50.3 Å². The lowest BCUT2D eigenvalue weighted by Crippen LogP contribution is -2.51. The van der Waals surface area contributed by atoms with Gasteiger partial charge in [-0.15, -0.1) is 0 Å². The predicted molar refractivity (Wildman–Crippen MR) is 120 cm³/mol. The highest BCUT2D eigenvalue weighted by atomic mass is 35.5. The molecule has 2 unspecified atom stereocenters. The van der Waals surface area contributed by atoms with Crippen molar-refractivity contribution in [2.45, 2.75) is 37.5 Å². The van der Waals surface area contributed by atoms with E-state index in [1.165, 1.54) is 5.56 Å². The van der Waals surface area contributed by atoms with Gasteiger partial charge in [-0.25, -0.2) is 10.9 Å². The lowest BCUT2D eigenvalue weighted by molar-refractivity contribution is 0.0877. The summed E-state index contributed by atoms with van der Waals surface area (Å²) in [5, 5.41) is 3.70. The molecule has 2 heterocycles. The molecule has 1 amide bonds. The highest BCUT2D eigenvalue weighted by Crippen LogP contribution is 2.27. The lowest BCUT2D eigenvalue weighted by Gasteiger charge is -2.35. The van der Waals surface area contributed by atoms with Crippen molar-refractivity contribution in [2.24, 2.45) is 0 Å². The Morgan fingerprint density at radius 2 is 1.81 bits per heavy atom. The van der Waals surface area contributed by atoms with Crippen molar-refractivity contribution in [3.63, 3.8) is 0 Å². The molecule has 2 aromatic carbocycles. The van der Waals surface area contributed by atoms with Crippen molar-refractivity contribution in [3.05, 3.63) is 58.6 Å². The zero-order chi connectivity index (χ0) is 21.8. The minimum Gasteiger partial charge on any atom is -0.497 e. The maximum atomic E-state index is 12.7. The molecule has 166 valence electrons. The number of hydrogen-bond acceptors (Lipinski definition) is 6. The summed E-state index contributed by atoms with van der Waals surface area (Å²) in [5.41, 5.74) is 8.60. The summed E-state index contributed by atoms with van der Waals surface area (Å²) in [6.45, 7) is 1.86. The van der Waals surface area contributed by atoms with Gasteiger partial charge in [0.15, 0.2) is 0 Å². The Kier molecular flexibility index (Phi) is 6.97. The van der Waals surface area contributed by atoms with E-state index in [4.69, 9.17) is 21.1 Å². The van der Waals surface area contributed by atoms with E-state index in [1.54, 1.807) is 32.4 Å². The molecule has 0 saturated carbocycles. The molecule has 0 spiro atoms. The third-order valence-electron chi connectivity index (χ3n) is 6.12. The molecule has 31 heavy (non-hydrogen) atoms. The standard InChI is InChI=1S/C23H29ClN4O3/c1-30-18-6-3-15(4-7-18)20-14-22(27-26-20)28-11-9-17(10-12-28)25-23(29)19-8-5-16(24)13-21(19)31-2/h3-8,13,17,20,22,26-27H,9-12,14H2,1-2H3,(H,25,29). The minimum absolute atomic E-state index is 0.118. The average molecular weight is 445 g/mol. The molecule has 0 radical (unpaired) electrons. The lowest BCUT2D eigenvalue weighted by atomic mass is 10.0. The fraction of sp³-hybridized carbons (Fsp3) is 0.435. The molecule has 2 fully saturated rings. The maximum absolute atomic E-state index is 12.7. The summed E-state index contributed by atoms with van der Waals surface area (Å²) in [5.74, 6) is 1.24. The van der Waals surface area contributed by atoms with Gasteiger partial charge in [-0.2, -0.15) is 0 Å². The number of hydrogen-bond donors (Lipinski definition) is 3. The molecule has 2 saturated heterocycles. The van der Waals surface area contributed by atoms with Crippen LogP contribution in [0, 0.1) is 0 Å². The number of halogens is 1. The van der Waals surface area contributed by atoms with Crippen molar-refractivity contribution in [2.75, 3.05) is 27.3 Å². The third-order valence-corrected chi connectivity index (χ3v) is 6.35. The second-order valence-corrected chi connectivity index (χ2v) is 8.43. The number of rotatable bonds is 6. The van der Waals surface area contributed by atoms with Gasteiger partial charge in [-0.3, -0.25) is 9.69 Å². The van der Waals surface area contributed by atoms with Crippen LogP contribution in [0.3, 0.4) is 0 Å². The number of hydrazine groups is 1. The summed E-state index contributed by atoms with van der Waals surface area (Å²) in [6, 6.07) is 13.7. The molecule has 2 aromatic rings. The number of piperidine rings is 1. The van der Waals surface area contributed by atoms with Gasteiger partial charge < -0.3 is 14.8 Å². The summed E-state index contributed by atoms with van der Waals surface area (Å²) < 4.78 is 10.5. The van der Waals surface area contributed by atoms with Crippen molar-refractivity contribution in [3.8, 4) is 11.5 Å². The number of carbonyl (C=O) groups is 1. The summed E-state index contributed by atoms with van der Waals surface area (Å²) >= 11 is 6.00. The van der Waals surface area contributed by atoms with E-state index in [-0.39, 0.29) is 24.2 Å². The normalized spacial score (nSPS) is 22.3. The van der Waals surface area contributed by atoms with Crippen LogP contribution in [0.25, 0.3) is 0 Å². The molecule has 2 atom stereocenters. The van der Waals surface area contributed by atoms with Crippen molar-refractivity contribution >= 4 is 17.5 Å². The Balaban J connectivity index is 1.27. The van der Waals surface area contributed by atoms with Crippen molar-refractivity contribution in [1.29, 1.82) is 0 Å². The first-order valence-electron chi connectivity index (χ1n) is 10.6. The van der Waals surface area contributed by atoms with Crippen LogP contribution < -0.4 is 25.6 Å². The van der Waals surface area contributed by atoms with Crippen molar-refractivity contribution in [1.82, 2.24) is 21.1 Å². The molecule has 0 bridgehead atoms. The third kappa shape index (κ3) is 5.13. The molecular formula is C23H29ClN4O3. The van der Waals surface area contributed by atoms with Crippen LogP contribution in [0.2, 0.25) is 5.02 Å². The molecule has 4 rings (SSSR count). The summed E-state index contributed by atoms with van der Waals surface area (Å²) in [7, 11) is 3.22. The van der Waals surface area contributed by atoms with Crippen LogP contribution in [0.15, 0.2) is 42.5 Å². The van der Waals surface area contributed by atoms with Crippen molar-refractivity contribution < 1.29 is 14.3 Å². The van der Waals surface area contributed by atoms with Crippen LogP contribution in [0.4, 0.5) is 0 Å². The van der Waals surface area contributed by atoms with Gasteiger partial charge in [0.1, 0.15) is 11.5 Å². The number of methoxy groups -OCH3 is 2. The van der Waals surface area contributed by atoms with E-state index in [9.17, 15) is 4.79 Å². The Hall–Kier alpha value is -2.32. The first-order valence-corrected chi connectivity index (χ1v) is 11.0. The van der Waals surface area contributed by atoms with E-state index in [0.29, 0.717) is 16.3 Å². The van der Waals surface area contributed by atoms with Gasteiger partial charge in [0, 0.05) is 30.2 Å². The van der Waals surface area contributed by atoms with Crippen LogP contribution in [-0.2, 0) is 0 Å². The molecule has 2 aliphatic rings. The molecule has 2 aliphatic heterocycles. The minimum atomic E-state index is -0.118. The SMILES string of the molecule is COc1ccc(C2CC(N3CCC(NC(=O)c4ccc(Cl)cc4OC)CC3)NN2)cc1. The molecule has 3 N–H and O–H groups in total. The number of nitrogens with one attached hydrogen (secondary N) is 3. The van der Waals surface area contributed by atoms with Gasteiger partial charge in [-0.1, -0.05) is 23.7 Å². The Morgan fingerprint density at radius 1 is 1.06 bits per heavy atom. The Morgan fingerprint density at radius 3 is 2.48 bits per heavy atom. The van der Waals surface area contributed by atoms with E-state index in [2.05, 4.69) is 33.2 Å². The summed E-state index contributed by atoms with van der Waals surface area (Å²) in [6.07, 6.45) is 3.09. The highest BCUT2D eigenvalue weighted by Gasteiger charge is 2.32. The zero-order valence-electron chi connectivity index (χ0n) is 17.9. The smallest absolute Gasteiger partial charge is 0.255 e. The number of benzene rings is 2. The first kappa shape index (κ1) is 21.9. The molecular weight excluding hydrogens is 416 g/mol. The van der Waals surface area contributed by atoms with E-state index < -0.39 is 0 Å². The predicted octanol–water partition coefficient (Wildman–Crippen LogP) is 3.12. The van der Waals surface area contributed by atoms with Crippen LogP contribution >= 0.6 is 11.6 Å². The van der Waals surface area contributed by atoms with E-state index in [1.807, 2.05) is 12.1 Å². The molecule has 0 aliphatic carbocycles. The highest BCUT2D eigenvalue weighted by molar-refractivity contribution is 6.30. The molecule has 0 aromatic heterocycles. The molecule has 8 heteroatoms. The summed E-state index contributed by atoms with van der Waals surface area (Å²) in [4.78, 5) is 15.2. The van der Waals surface area contributed by atoms with Gasteiger partial charge in [0.05, 0.1) is 25.9 Å². The van der Waals surface area contributed by atoms with Gasteiger partial charge in [0.25, 0.3) is 5.91 Å². The number of likely N-dealkylation sites (tertiary alicyclic amines) is 1. The second-order valence-electron chi connectivity index (χ2n) is 7.99. The fourth-order valence-electron chi connectivity index (χ4n) is 4.31. The van der Waals surface area contributed by atoms with Gasteiger partial charge >= 0.3 is 0 Å². The topological polar surface area (TPSA) is 74.9 Å². The van der Waals surface area contributed by atoms with E-state index in [0.717, 1.165) is 38.1 Å². The zero-order valence-corrected chi connectivity index (χ0v) is 18.6. The number of ether oxygens (including phenoxy) is 2. The molecule has 7 nitrogen and oxygen atoms in total. The Labute approximate surface area is 188 Å². The average Bonchev–Trinajstić information content (AvgIpc) is 3.29. The van der Waals surface area contributed by atoms with Gasteiger partial charge in [0.2, 0.25) is 0 Å². The largest absolute Gasteiger partial charge is 0.497 e. The maximum Gasteiger partial charge on any atom is 0.255 e. The first-order chi connectivity index (χ1) is 15.1. The van der Waals surface area contributed by atoms with E-state index >= 15 is 0 Å². The Bertz CT molecular complexity index is 900. The quantitative estimate of drug-likeness (QED) is 0.635. The monoisotopic (exact) mass is 444 g/mol. The van der Waals surface area contributed by atoms with Gasteiger partial charge in [-0.05, 0) is 55.2 Å². The van der Waals surface area contributed by atoms with Crippen LogP contribution in [0.5, 0.6) is 11.5 Å².